The van der Waals surface area contributed by atoms with E-state index in [4.69, 9.17) is 0 Å². The molecule has 1 aliphatic rings. The van der Waals surface area contributed by atoms with Gasteiger partial charge in [-0.15, -0.1) is 0 Å². The molecule has 4 aromatic rings. The highest BCUT2D eigenvalue weighted by molar-refractivity contribution is 6.08. The Morgan fingerprint density at radius 1 is 0.879 bits per heavy atom. The molecule has 2 aromatic carbocycles. The second kappa shape index (κ2) is 9.24. The summed E-state index contributed by atoms with van der Waals surface area (Å²) in [7, 11) is 4.12. The van der Waals surface area contributed by atoms with Crippen molar-refractivity contribution in [3.63, 3.8) is 0 Å². The van der Waals surface area contributed by atoms with Crippen LogP contribution in [0, 0.1) is 0 Å². The van der Waals surface area contributed by atoms with Crippen molar-refractivity contribution in [2.75, 3.05) is 45.2 Å². The van der Waals surface area contributed by atoms with E-state index in [9.17, 15) is 4.79 Å². The molecular weight excluding hydrogens is 410 g/mol. The molecule has 0 aliphatic carbocycles. The van der Waals surface area contributed by atoms with Crippen LogP contribution in [0.5, 0.6) is 0 Å². The van der Waals surface area contributed by atoms with Crippen molar-refractivity contribution in [2.45, 2.75) is 19.5 Å². The van der Waals surface area contributed by atoms with Crippen LogP contribution < -0.4 is 4.90 Å². The minimum Gasteiger partial charge on any atom is -0.353 e. The first kappa shape index (κ1) is 21.5. The maximum Gasteiger partial charge on any atom is 0.224 e. The normalized spacial score (nSPS) is 14.5. The number of para-hydroxylation sites is 2. The van der Waals surface area contributed by atoms with Crippen molar-refractivity contribution in [1.82, 2.24) is 19.4 Å². The SMILES string of the molecule is CN(C)Cc1ccc(N2CCN(C(=O)CCn3c4ccccc4c4ccccc43)CC2)nc1. The number of benzene rings is 2. The maximum atomic E-state index is 13.0. The first-order valence-corrected chi connectivity index (χ1v) is 11.7. The lowest BCUT2D eigenvalue weighted by molar-refractivity contribution is -0.131. The Morgan fingerprint density at radius 2 is 1.52 bits per heavy atom. The molecule has 1 saturated heterocycles. The quantitative estimate of drug-likeness (QED) is 0.454. The summed E-state index contributed by atoms with van der Waals surface area (Å²) in [5.41, 5.74) is 3.60. The molecule has 0 unspecified atom stereocenters. The summed E-state index contributed by atoms with van der Waals surface area (Å²) in [4.78, 5) is 24.1. The van der Waals surface area contributed by atoms with Gasteiger partial charge in [0.1, 0.15) is 5.82 Å². The zero-order valence-electron chi connectivity index (χ0n) is 19.4. The summed E-state index contributed by atoms with van der Waals surface area (Å²) >= 11 is 0. The number of aromatic nitrogens is 2. The number of aryl methyl sites for hydroxylation is 1. The fraction of sp³-hybridized carbons (Fsp3) is 0.333. The first-order valence-electron chi connectivity index (χ1n) is 11.7. The number of rotatable bonds is 6. The Morgan fingerprint density at radius 3 is 2.09 bits per heavy atom. The summed E-state index contributed by atoms with van der Waals surface area (Å²) < 4.78 is 2.29. The van der Waals surface area contributed by atoms with Gasteiger partial charge in [-0.05, 0) is 37.9 Å². The zero-order chi connectivity index (χ0) is 22.8. The summed E-state index contributed by atoms with van der Waals surface area (Å²) in [5, 5.41) is 2.50. The lowest BCUT2D eigenvalue weighted by Crippen LogP contribution is -2.49. The zero-order valence-corrected chi connectivity index (χ0v) is 19.4. The second-order valence-electron chi connectivity index (χ2n) is 9.07. The van der Waals surface area contributed by atoms with Crippen molar-refractivity contribution in [3.8, 4) is 0 Å². The lowest BCUT2D eigenvalue weighted by atomic mass is 10.2. The van der Waals surface area contributed by atoms with Crippen LogP contribution in [-0.2, 0) is 17.9 Å². The molecule has 170 valence electrons. The first-order chi connectivity index (χ1) is 16.1. The van der Waals surface area contributed by atoms with Crippen molar-refractivity contribution >= 4 is 33.5 Å². The summed E-state index contributed by atoms with van der Waals surface area (Å²) in [6.07, 6.45) is 2.47. The molecule has 6 heteroatoms. The Hall–Kier alpha value is -3.38. The predicted molar refractivity (Wildman–Crippen MR) is 134 cm³/mol. The number of piperazine rings is 1. The van der Waals surface area contributed by atoms with Gasteiger partial charge in [0.15, 0.2) is 0 Å². The number of anilines is 1. The molecule has 1 aliphatic heterocycles. The number of hydrogen-bond acceptors (Lipinski definition) is 4. The number of nitrogens with zero attached hydrogens (tertiary/aromatic N) is 5. The molecule has 0 spiro atoms. The van der Waals surface area contributed by atoms with Gasteiger partial charge in [0.05, 0.1) is 0 Å². The highest BCUT2D eigenvalue weighted by atomic mass is 16.2. The highest BCUT2D eigenvalue weighted by Crippen LogP contribution is 2.29. The third-order valence-corrected chi connectivity index (χ3v) is 6.49. The van der Waals surface area contributed by atoms with E-state index in [0.29, 0.717) is 13.0 Å². The van der Waals surface area contributed by atoms with Gasteiger partial charge in [0.25, 0.3) is 0 Å². The smallest absolute Gasteiger partial charge is 0.224 e. The van der Waals surface area contributed by atoms with Crippen molar-refractivity contribution in [2.24, 2.45) is 0 Å². The van der Waals surface area contributed by atoms with Crippen LogP contribution in [0.2, 0.25) is 0 Å². The van der Waals surface area contributed by atoms with Gasteiger partial charge >= 0.3 is 0 Å². The van der Waals surface area contributed by atoms with E-state index in [-0.39, 0.29) is 5.91 Å². The molecule has 6 nitrogen and oxygen atoms in total. The maximum absolute atomic E-state index is 13.0. The van der Waals surface area contributed by atoms with Crippen molar-refractivity contribution < 1.29 is 4.79 Å². The molecule has 0 atom stereocenters. The number of carbonyl (C=O) groups is 1. The predicted octanol–water partition coefficient (Wildman–Crippen LogP) is 3.99. The fourth-order valence-electron chi connectivity index (χ4n) is 4.86. The van der Waals surface area contributed by atoms with Crippen LogP contribution in [0.4, 0.5) is 5.82 Å². The van der Waals surface area contributed by atoms with Crippen LogP contribution >= 0.6 is 0 Å². The van der Waals surface area contributed by atoms with Gasteiger partial charge in [-0.25, -0.2) is 4.98 Å². The Labute approximate surface area is 195 Å². The summed E-state index contributed by atoms with van der Waals surface area (Å²) in [6, 6.07) is 21.2. The Bertz CT molecular complexity index is 1200. The van der Waals surface area contributed by atoms with Gasteiger partial charge in [0.2, 0.25) is 5.91 Å². The highest BCUT2D eigenvalue weighted by Gasteiger charge is 2.22. The number of carbonyl (C=O) groups excluding carboxylic acids is 1. The van der Waals surface area contributed by atoms with Crippen molar-refractivity contribution in [1.29, 1.82) is 0 Å². The van der Waals surface area contributed by atoms with E-state index in [1.807, 2.05) is 11.1 Å². The molecule has 3 heterocycles. The molecule has 2 aromatic heterocycles. The minimum atomic E-state index is 0.228. The van der Waals surface area contributed by atoms with Crippen LogP contribution in [0.1, 0.15) is 12.0 Å². The van der Waals surface area contributed by atoms with Crippen LogP contribution in [0.15, 0.2) is 66.9 Å². The fourth-order valence-corrected chi connectivity index (χ4v) is 4.86. The van der Waals surface area contributed by atoms with Crippen molar-refractivity contribution in [3.05, 3.63) is 72.4 Å². The number of amides is 1. The largest absolute Gasteiger partial charge is 0.353 e. The second-order valence-corrected chi connectivity index (χ2v) is 9.07. The molecule has 0 radical (unpaired) electrons. The van der Waals surface area contributed by atoms with E-state index in [0.717, 1.165) is 38.5 Å². The minimum absolute atomic E-state index is 0.228. The molecule has 1 amide bonds. The van der Waals surface area contributed by atoms with E-state index >= 15 is 0 Å². The van der Waals surface area contributed by atoms with E-state index < -0.39 is 0 Å². The van der Waals surface area contributed by atoms with Gasteiger partial charge in [0, 0.05) is 73.7 Å². The molecule has 5 rings (SSSR count). The summed E-state index contributed by atoms with van der Waals surface area (Å²) in [6.45, 7) is 4.71. The number of hydrogen-bond donors (Lipinski definition) is 0. The molecule has 33 heavy (non-hydrogen) atoms. The number of pyridine rings is 1. The molecule has 0 saturated carbocycles. The Balaban J connectivity index is 1.21. The molecular formula is C27H31N5O. The van der Waals surface area contributed by atoms with Crippen LogP contribution in [-0.4, -0.2) is 65.5 Å². The van der Waals surface area contributed by atoms with E-state index in [1.54, 1.807) is 0 Å². The molecule has 0 bridgehead atoms. The monoisotopic (exact) mass is 441 g/mol. The van der Waals surface area contributed by atoms with Crippen LogP contribution in [0.3, 0.4) is 0 Å². The van der Waals surface area contributed by atoms with E-state index in [1.165, 1.54) is 27.4 Å². The average Bonchev–Trinajstić information content (AvgIpc) is 3.16. The average molecular weight is 442 g/mol. The van der Waals surface area contributed by atoms with Gasteiger partial charge in [-0.1, -0.05) is 42.5 Å². The van der Waals surface area contributed by atoms with Gasteiger partial charge in [-0.3, -0.25) is 4.79 Å². The molecule has 0 N–H and O–H groups in total. The lowest BCUT2D eigenvalue weighted by Gasteiger charge is -2.35. The standard InChI is InChI=1S/C27H31N5O/c1-29(2)20-21-11-12-26(28-19-21)30-15-17-31(18-16-30)27(33)13-14-32-24-9-5-3-7-22(24)23-8-4-6-10-25(23)32/h3-12,19H,13-18,20H2,1-2H3. The molecule has 1 fully saturated rings. The topological polar surface area (TPSA) is 44.6 Å². The van der Waals surface area contributed by atoms with Gasteiger partial charge in [-0.2, -0.15) is 0 Å². The van der Waals surface area contributed by atoms with E-state index in [2.05, 4.69) is 94.1 Å². The summed E-state index contributed by atoms with van der Waals surface area (Å²) in [5.74, 6) is 1.22. The number of fused-ring (bicyclic) bond motifs is 3. The third kappa shape index (κ3) is 4.44. The third-order valence-electron chi connectivity index (χ3n) is 6.49. The van der Waals surface area contributed by atoms with Gasteiger partial charge < -0.3 is 19.3 Å². The Kier molecular flexibility index (Phi) is 6.01. The van der Waals surface area contributed by atoms with Crippen LogP contribution in [0.25, 0.3) is 21.8 Å².